The molecule has 1 saturated heterocycles. The Labute approximate surface area is 127 Å². The van der Waals surface area contributed by atoms with Gasteiger partial charge in [0.2, 0.25) is 0 Å². The molecule has 1 aliphatic heterocycles. The maximum Gasteiger partial charge on any atom is 0.193 e. The first-order chi connectivity index (χ1) is 9.72. The Hall–Kier alpha value is -1.45. The molecule has 20 heavy (non-hydrogen) atoms. The fourth-order valence-electron chi connectivity index (χ4n) is 2.36. The van der Waals surface area contributed by atoms with Crippen LogP contribution >= 0.6 is 15.9 Å². The van der Waals surface area contributed by atoms with Crippen LogP contribution in [0.4, 0.5) is 0 Å². The SMILES string of the molecule is O=C(c1ccc(CN2CCC2)cc1)c1cccc(Br)c1. The van der Waals surface area contributed by atoms with Crippen molar-refractivity contribution in [3.8, 4) is 0 Å². The second-order valence-corrected chi connectivity index (χ2v) is 6.08. The summed E-state index contributed by atoms with van der Waals surface area (Å²) in [5, 5.41) is 0. The Morgan fingerprint density at radius 2 is 1.80 bits per heavy atom. The average Bonchev–Trinajstić information content (AvgIpc) is 2.43. The number of carbonyl (C=O) groups is 1. The molecule has 0 atom stereocenters. The first-order valence-electron chi connectivity index (χ1n) is 6.84. The lowest BCUT2D eigenvalue weighted by molar-refractivity contribution is 0.103. The van der Waals surface area contributed by atoms with Gasteiger partial charge in [-0.2, -0.15) is 0 Å². The van der Waals surface area contributed by atoms with E-state index in [1.807, 2.05) is 36.4 Å². The Kier molecular flexibility index (Phi) is 3.99. The summed E-state index contributed by atoms with van der Waals surface area (Å²) in [6.07, 6.45) is 1.31. The van der Waals surface area contributed by atoms with Crippen LogP contribution < -0.4 is 0 Å². The molecule has 0 spiro atoms. The van der Waals surface area contributed by atoms with Gasteiger partial charge in [-0.25, -0.2) is 0 Å². The second-order valence-electron chi connectivity index (χ2n) is 5.17. The van der Waals surface area contributed by atoms with Gasteiger partial charge in [-0.15, -0.1) is 0 Å². The van der Waals surface area contributed by atoms with Crippen molar-refractivity contribution in [2.24, 2.45) is 0 Å². The zero-order valence-corrected chi connectivity index (χ0v) is 12.8. The summed E-state index contributed by atoms with van der Waals surface area (Å²) in [5.74, 6) is 0.0711. The number of nitrogens with zero attached hydrogens (tertiary/aromatic N) is 1. The maximum absolute atomic E-state index is 12.4. The van der Waals surface area contributed by atoms with Gasteiger partial charge in [0.25, 0.3) is 0 Å². The third kappa shape index (κ3) is 3.00. The molecule has 1 aliphatic rings. The lowest BCUT2D eigenvalue weighted by atomic mass is 10.0. The van der Waals surface area contributed by atoms with Crippen LogP contribution in [-0.2, 0) is 6.54 Å². The quantitative estimate of drug-likeness (QED) is 0.793. The number of rotatable bonds is 4. The van der Waals surface area contributed by atoms with Gasteiger partial charge in [0.1, 0.15) is 0 Å². The summed E-state index contributed by atoms with van der Waals surface area (Å²) < 4.78 is 0.928. The van der Waals surface area contributed by atoms with Gasteiger partial charge in [0.15, 0.2) is 5.78 Å². The minimum Gasteiger partial charge on any atom is -0.299 e. The fourth-order valence-corrected chi connectivity index (χ4v) is 2.76. The predicted octanol–water partition coefficient (Wildman–Crippen LogP) is 3.89. The highest BCUT2D eigenvalue weighted by Crippen LogP contribution is 2.17. The predicted molar refractivity (Wildman–Crippen MR) is 83.9 cm³/mol. The van der Waals surface area contributed by atoms with Crippen molar-refractivity contribution < 1.29 is 4.79 Å². The second kappa shape index (κ2) is 5.90. The van der Waals surface area contributed by atoms with Crippen LogP contribution in [0, 0.1) is 0 Å². The number of carbonyl (C=O) groups excluding carboxylic acids is 1. The third-order valence-corrected chi connectivity index (χ3v) is 4.15. The molecule has 0 aliphatic carbocycles. The highest BCUT2D eigenvalue weighted by molar-refractivity contribution is 9.10. The first-order valence-corrected chi connectivity index (χ1v) is 7.63. The van der Waals surface area contributed by atoms with E-state index < -0.39 is 0 Å². The molecular formula is C17H16BrNO. The number of hydrogen-bond acceptors (Lipinski definition) is 2. The lowest BCUT2D eigenvalue weighted by Crippen LogP contribution is -2.36. The summed E-state index contributed by atoms with van der Waals surface area (Å²) in [6, 6.07) is 15.5. The molecule has 1 fully saturated rings. The molecule has 102 valence electrons. The molecule has 0 aromatic heterocycles. The molecule has 0 bridgehead atoms. The number of benzene rings is 2. The summed E-state index contributed by atoms with van der Waals surface area (Å²) in [4.78, 5) is 14.8. The van der Waals surface area contributed by atoms with Crippen LogP contribution in [0.3, 0.4) is 0 Å². The molecule has 3 heteroatoms. The molecule has 0 saturated carbocycles. The van der Waals surface area contributed by atoms with E-state index in [2.05, 4.69) is 33.0 Å². The Morgan fingerprint density at radius 3 is 2.40 bits per heavy atom. The molecule has 3 rings (SSSR count). The molecule has 1 heterocycles. The molecule has 2 aromatic rings. The summed E-state index contributed by atoms with van der Waals surface area (Å²) in [7, 11) is 0. The average molecular weight is 330 g/mol. The zero-order valence-electron chi connectivity index (χ0n) is 11.2. The van der Waals surface area contributed by atoms with Gasteiger partial charge in [0.05, 0.1) is 0 Å². The van der Waals surface area contributed by atoms with Crippen molar-refractivity contribution in [2.75, 3.05) is 13.1 Å². The highest BCUT2D eigenvalue weighted by Gasteiger charge is 2.14. The maximum atomic E-state index is 12.4. The number of ketones is 1. The highest BCUT2D eigenvalue weighted by atomic mass is 79.9. The van der Waals surface area contributed by atoms with E-state index in [1.165, 1.54) is 25.1 Å². The third-order valence-electron chi connectivity index (χ3n) is 3.66. The summed E-state index contributed by atoms with van der Waals surface area (Å²) in [6.45, 7) is 3.38. The van der Waals surface area contributed by atoms with Gasteiger partial charge >= 0.3 is 0 Å². The normalized spacial score (nSPS) is 14.8. The molecule has 0 N–H and O–H groups in total. The van der Waals surface area contributed by atoms with E-state index in [9.17, 15) is 4.79 Å². The largest absolute Gasteiger partial charge is 0.299 e. The number of halogens is 1. The van der Waals surface area contributed by atoms with Crippen molar-refractivity contribution in [3.63, 3.8) is 0 Å². The van der Waals surface area contributed by atoms with Gasteiger partial charge < -0.3 is 0 Å². The van der Waals surface area contributed by atoms with Gasteiger partial charge in [0, 0.05) is 22.1 Å². The minimum atomic E-state index is 0.0711. The van der Waals surface area contributed by atoms with E-state index >= 15 is 0 Å². The van der Waals surface area contributed by atoms with E-state index in [1.54, 1.807) is 0 Å². The van der Waals surface area contributed by atoms with Crippen molar-refractivity contribution in [1.82, 2.24) is 4.90 Å². The smallest absolute Gasteiger partial charge is 0.193 e. The van der Waals surface area contributed by atoms with Crippen LogP contribution in [0.15, 0.2) is 53.0 Å². The molecule has 2 nitrogen and oxygen atoms in total. The van der Waals surface area contributed by atoms with Gasteiger partial charge in [-0.05, 0) is 37.2 Å². The van der Waals surface area contributed by atoms with Gasteiger partial charge in [-0.1, -0.05) is 52.3 Å². The summed E-state index contributed by atoms with van der Waals surface area (Å²) in [5.41, 5.74) is 2.74. The van der Waals surface area contributed by atoms with Gasteiger partial charge in [-0.3, -0.25) is 9.69 Å². The van der Waals surface area contributed by atoms with Crippen molar-refractivity contribution >= 4 is 21.7 Å². The Bertz CT molecular complexity index is 617. The molecule has 0 amide bonds. The monoisotopic (exact) mass is 329 g/mol. The molecule has 2 aromatic carbocycles. The topological polar surface area (TPSA) is 20.3 Å². The minimum absolute atomic E-state index is 0.0711. The molecule has 0 radical (unpaired) electrons. The van der Waals surface area contributed by atoms with Crippen LogP contribution in [0.1, 0.15) is 27.9 Å². The van der Waals surface area contributed by atoms with Crippen molar-refractivity contribution in [2.45, 2.75) is 13.0 Å². The van der Waals surface area contributed by atoms with Crippen LogP contribution in [0.25, 0.3) is 0 Å². The zero-order chi connectivity index (χ0) is 13.9. The Morgan fingerprint density at radius 1 is 1.05 bits per heavy atom. The first kappa shape index (κ1) is 13.5. The van der Waals surface area contributed by atoms with Crippen molar-refractivity contribution in [1.29, 1.82) is 0 Å². The fraction of sp³-hybridized carbons (Fsp3) is 0.235. The van der Waals surface area contributed by atoms with Crippen molar-refractivity contribution in [3.05, 3.63) is 69.7 Å². The Balaban J connectivity index is 1.74. The number of likely N-dealkylation sites (tertiary alicyclic amines) is 1. The van der Waals surface area contributed by atoms with E-state index in [4.69, 9.17) is 0 Å². The molecular weight excluding hydrogens is 314 g/mol. The van der Waals surface area contributed by atoms with E-state index in [0.29, 0.717) is 0 Å². The van der Waals surface area contributed by atoms with Crippen LogP contribution in [0.5, 0.6) is 0 Å². The summed E-state index contributed by atoms with van der Waals surface area (Å²) >= 11 is 3.40. The number of hydrogen-bond donors (Lipinski definition) is 0. The standard InChI is InChI=1S/C17H16BrNO/c18-16-4-1-3-15(11-16)17(20)14-7-5-13(6-8-14)12-19-9-2-10-19/h1,3-8,11H,2,9-10,12H2. The van der Waals surface area contributed by atoms with Crippen LogP contribution in [0.2, 0.25) is 0 Å². The molecule has 0 unspecified atom stereocenters. The van der Waals surface area contributed by atoms with Crippen LogP contribution in [-0.4, -0.2) is 23.8 Å². The van der Waals surface area contributed by atoms with E-state index in [-0.39, 0.29) is 5.78 Å². The van der Waals surface area contributed by atoms with E-state index in [0.717, 1.165) is 22.1 Å². The lowest BCUT2D eigenvalue weighted by Gasteiger charge is -2.30.